The van der Waals surface area contributed by atoms with Gasteiger partial charge in [-0.15, -0.1) is 0 Å². The van der Waals surface area contributed by atoms with Crippen LogP contribution >= 0.6 is 0 Å². The van der Waals surface area contributed by atoms with Gasteiger partial charge in [-0.25, -0.2) is 0 Å². The van der Waals surface area contributed by atoms with E-state index in [1.54, 1.807) is 0 Å². The molecule has 4 nitrogen and oxygen atoms in total. The molecule has 1 heterocycles. The van der Waals surface area contributed by atoms with Crippen LogP contribution in [0.2, 0.25) is 0 Å². The highest BCUT2D eigenvalue weighted by Crippen LogP contribution is 2.28. The van der Waals surface area contributed by atoms with Crippen LogP contribution in [-0.2, 0) is 6.18 Å². The summed E-state index contributed by atoms with van der Waals surface area (Å²) in [4.78, 5) is 0. The largest absolute Gasteiger partial charge is 0.435 e. The minimum absolute atomic E-state index is 0.0647. The molecule has 0 radical (unpaired) electrons. The second kappa shape index (κ2) is 3.35. The van der Waals surface area contributed by atoms with Crippen molar-refractivity contribution in [3.63, 3.8) is 0 Å². The van der Waals surface area contributed by atoms with Crippen LogP contribution < -0.4 is 5.73 Å². The van der Waals surface area contributed by atoms with Crippen molar-refractivity contribution in [3.8, 4) is 0 Å². The fraction of sp³-hybridized carbons (Fsp3) is 0.500. The summed E-state index contributed by atoms with van der Waals surface area (Å²) in [7, 11) is 0. The molecule has 1 unspecified atom stereocenters. The Hall–Kier alpha value is -1.08. The molecule has 0 fully saturated rings. The van der Waals surface area contributed by atoms with Gasteiger partial charge in [0, 0.05) is 0 Å². The SMILES string of the molecule is NC(CO)c1cc(C(F)(F)F)n[nH]1. The van der Waals surface area contributed by atoms with E-state index in [1.807, 2.05) is 0 Å². The second-order valence-electron chi connectivity index (χ2n) is 2.50. The van der Waals surface area contributed by atoms with E-state index in [2.05, 4.69) is 10.2 Å². The number of alkyl halides is 3. The van der Waals surface area contributed by atoms with Gasteiger partial charge in [0.05, 0.1) is 18.3 Å². The molecular weight excluding hydrogens is 187 g/mol. The predicted molar refractivity (Wildman–Crippen MR) is 37.6 cm³/mol. The van der Waals surface area contributed by atoms with E-state index in [0.717, 1.165) is 6.07 Å². The molecule has 0 bridgehead atoms. The van der Waals surface area contributed by atoms with Gasteiger partial charge in [-0.1, -0.05) is 0 Å². The number of aliphatic hydroxyl groups is 1. The Labute approximate surface area is 71.6 Å². The van der Waals surface area contributed by atoms with Crippen LogP contribution in [0.25, 0.3) is 0 Å². The molecule has 0 spiro atoms. The molecule has 0 aliphatic rings. The Morgan fingerprint density at radius 3 is 2.62 bits per heavy atom. The summed E-state index contributed by atoms with van der Waals surface area (Å²) in [6, 6.07) is -0.0791. The van der Waals surface area contributed by atoms with E-state index >= 15 is 0 Å². The number of hydrogen-bond donors (Lipinski definition) is 3. The van der Waals surface area contributed by atoms with Gasteiger partial charge in [0.2, 0.25) is 0 Å². The number of rotatable bonds is 2. The standard InChI is InChI=1S/C6H8F3N3O/c7-6(8,9)5-1-4(11-12-5)3(10)2-13/h1,3,13H,2,10H2,(H,11,12). The minimum Gasteiger partial charge on any atom is -0.394 e. The van der Waals surface area contributed by atoms with Crippen molar-refractivity contribution in [2.24, 2.45) is 5.73 Å². The first kappa shape index (κ1) is 10.0. The van der Waals surface area contributed by atoms with E-state index in [0.29, 0.717) is 0 Å². The highest BCUT2D eigenvalue weighted by molar-refractivity contribution is 5.14. The Bertz CT molecular complexity index is 283. The highest BCUT2D eigenvalue weighted by atomic mass is 19.4. The van der Waals surface area contributed by atoms with Gasteiger partial charge >= 0.3 is 6.18 Å². The molecule has 1 rings (SSSR count). The van der Waals surface area contributed by atoms with Crippen molar-refractivity contribution in [2.75, 3.05) is 6.61 Å². The first-order valence-corrected chi connectivity index (χ1v) is 3.44. The zero-order valence-electron chi connectivity index (χ0n) is 6.47. The monoisotopic (exact) mass is 195 g/mol. The number of halogens is 3. The molecule has 7 heteroatoms. The quantitative estimate of drug-likeness (QED) is 0.640. The maximum Gasteiger partial charge on any atom is 0.435 e. The van der Waals surface area contributed by atoms with E-state index in [9.17, 15) is 13.2 Å². The van der Waals surface area contributed by atoms with Crippen LogP contribution in [0.1, 0.15) is 17.4 Å². The zero-order valence-corrected chi connectivity index (χ0v) is 6.47. The number of aromatic nitrogens is 2. The van der Waals surface area contributed by atoms with Crippen LogP contribution in [0.15, 0.2) is 6.07 Å². The third kappa shape index (κ3) is 2.19. The molecule has 0 saturated heterocycles. The molecule has 1 aromatic rings. The lowest BCUT2D eigenvalue weighted by atomic mass is 10.2. The summed E-state index contributed by atoms with van der Waals surface area (Å²) in [5.74, 6) is 0. The summed E-state index contributed by atoms with van der Waals surface area (Å²) in [5, 5.41) is 13.7. The second-order valence-corrected chi connectivity index (χ2v) is 2.50. The topological polar surface area (TPSA) is 74.9 Å². The molecule has 0 amide bonds. The Kier molecular flexibility index (Phi) is 2.58. The van der Waals surface area contributed by atoms with Gasteiger partial charge in [0.15, 0.2) is 5.69 Å². The molecular formula is C6H8F3N3O. The average molecular weight is 195 g/mol. The maximum absolute atomic E-state index is 12.0. The number of H-pyrrole nitrogens is 1. The minimum atomic E-state index is -4.48. The fourth-order valence-electron chi connectivity index (χ4n) is 0.770. The van der Waals surface area contributed by atoms with Crippen LogP contribution in [0.5, 0.6) is 0 Å². The predicted octanol–water partition coefficient (Wildman–Crippen LogP) is 0.421. The lowest BCUT2D eigenvalue weighted by Gasteiger charge is -2.02. The lowest BCUT2D eigenvalue weighted by Crippen LogP contribution is -2.14. The Balaban J connectivity index is 2.87. The van der Waals surface area contributed by atoms with Gasteiger partial charge in [-0.2, -0.15) is 18.3 Å². The van der Waals surface area contributed by atoms with Crippen molar-refractivity contribution in [1.82, 2.24) is 10.2 Å². The van der Waals surface area contributed by atoms with Crippen LogP contribution in [0, 0.1) is 0 Å². The third-order valence-electron chi connectivity index (χ3n) is 1.48. The average Bonchev–Trinajstić information content (AvgIpc) is 2.50. The number of hydrogen-bond acceptors (Lipinski definition) is 3. The van der Waals surface area contributed by atoms with E-state index < -0.39 is 24.5 Å². The van der Waals surface area contributed by atoms with E-state index in [4.69, 9.17) is 10.8 Å². The van der Waals surface area contributed by atoms with Gasteiger partial charge in [0.1, 0.15) is 0 Å². The number of aromatic amines is 1. The van der Waals surface area contributed by atoms with Gasteiger partial charge in [0.25, 0.3) is 0 Å². The lowest BCUT2D eigenvalue weighted by molar-refractivity contribution is -0.141. The van der Waals surface area contributed by atoms with Crippen LogP contribution in [-0.4, -0.2) is 21.9 Å². The third-order valence-corrected chi connectivity index (χ3v) is 1.48. The number of nitrogens with zero attached hydrogens (tertiary/aromatic N) is 1. The maximum atomic E-state index is 12.0. The van der Waals surface area contributed by atoms with Gasteiger partial charge in [-0.3, -0.25) is 5.10 Å². The highest BCUT2D eigenvalue weighted by Gasteiger charge is 2.34. The van der Waals surface area contributed by atoms with Crippen molar-refractivity contribution in [3.05, 3.63) is 17.5 Å². The number of nitrogens with two attached hydrogens (primary N) is 1. The van der Waals surface area contributed by atoms with Crippen molar-refractivity contribution in [2.45, 2.75) is 12.2 Å². The smallest absolute Gasteiger partial charge is 0.394 e. The van der Waals surface area contributed by atoms with E-state index in [-0.39, 0.29) is 5.69 Å². The molecule has 0 aliphatic carbocycles. The number of aliphatic hydroxyl groups excluding tert-OH is 1. The fourth-order valence-corrected chi connectivity index (χ4v) is 0.770. The molecule has 74 valence electrons. The molecule has 0 aromatic carbocycles. The van der Waals surface area contributed by atoms with Gasteiger partial charge in [-0.05, 0) is 6.07 Å². The zero-order chi connectivity index (χ0) is 10.1. The summed E-state index contributed by atoms with van der Waals surface area (Å²) < 4.78 is 35.9. The molecule has 1 atom stereocenters. The molecule has 0 aliphatic heterocycles. The Morgan fingerprint density at radius 1 is 1.62 bits per heavy atom. The van der Waals surface area contributed by atoms with Crippen molar-refractivity contribution >= 4 is 0 Å². The van der Waals surface area contributed by atoms with Crippen LogP contribution in [0.3, 0.4) is 0 Å². The summed E-state index contributed by atoms with van der Waals surface area (Å²) in [6.45, 7) is -0.431. The molecule has 0 saturated carbocycles. The molecule has 4 N–H and O–H groups in total. The van der Waals surface area contributed by atoms with Crippen molar-refractivity contribution < 1.29 is 18.3 Å². The summed E-state index contributed by atoms with van der Waals surface area (Å²) in [5.41, 5.74) is 4.29. The van der Waals surface area contributed by atoms with Crippen LogP contribution in [0.4, 0.5) is 13.2 Å². The van der Waals surface area contributed by atoms with Crippen molar-refractivity contribution in [1.29, 1.82) is 0 Å². The summed E-state index contributed by atoms with van der Waals surface area (Å²) >= 11 is 0. The first-order valence-electron chi connectivity index (χ1n) is 3.44. The Morgan fingerprint density at radius 2 is 2.23 bits per heavy atom. The number of nitrogens with one attached hydrogen (secondary N) is 1. The van der Waals surface area contributed by atoms with E-state index in [1.165, 1.54) is 0 Å². The molecule has 13 heavy (non-hydrogen) atoms. The summed E-state index contributed by atoms with van der Waals surface area (Å²) in [6.07, 6.45) is -4.48. The first-order chi connectivity index (χ1) is 5.95. The van der Waals surface area contributed by atoms with Gasteiger partial charge < -0.3 is 10.8 Å². The molecule has 1 aromatic heterocycles. The normalized spacial score (nSPS) is 14.5.